The molecule has 20 heavy (non-hydrogen) atoms. The molecule has 106 valence electrons. The zero-order valence-corrected chi connectivity index (χ0v) is 11.9. The quantitative estimate of drug-likeness (QED) is 0.861. The Morgan fingerprint density at radius 3 is 2.45 bits per heavy atom. The van der Waals surface area contributed by atoms with Gasteiger partial charge in [0.1, 0.15) is 0 Å². The minimum absolute atomic E-state index is 0.00319. The number of ether oxygens (including phenoxy) is 1. The summed E-state index contributed by atoms with van der Waals surface area (Å²) in [7, 11) is 1.47. The Labute approximate surface area is 119 Å². The van der Waals surface area contributed by atoms with Gasteiger partial charge in [-0.3, -0.25) is 0 Å². The van der Waals surface area contributed by atoms with Crippen molar-refractivity contribution in [2.45, 2.75) is 19.4 Å². The van der Waals surface area contributed by atoms with Crippen LogP contribution >= 0.6 is 0 Å². The first-order chi connectivity index (χ1) is 9.76. The maximum atomic E-state index is 13.9. The third-order valence-corrected chi connectivity index (χ3v) is 3.24. The molecule has 0 fully saturated rings. The van der Waals surface area contributed by atoms with Crippen LogP contribution in [0, 0.1) is 5.82 Å². The molecule has 1 N–H and O–H groups in total. The highest BCUT2D eigenvalue weighted by Crippen LogP contribution is 2.26. The molecule has 0 amide bonds. The van der Waals surface area contributed by atoms with Crippen molar-refractivity contribution in [3.8, 4) is 5.75 Å². The fraction of sp³-hybridized carbons (Fsp3) is 0.294. The van der Waals surface area contributed by atoms with Gasteiger partial charge in [0.2, 0.25) is 0 Å². The Hall–Kier alpha value is -1.87. The van der Waals surface area contributed by atoms with Crippen molar-refractivity contribution in [1.29, 1.82) is 0 Å². The molecule has 1 unspecified atom stereocenters. The maximum absolute atomic E-state index is 13.9. The minimum atomic E-state index is -0.329. The van der Waals surface area contributed by atoms with Gasteiger partial charge in [-0.25, -0.2) is 4.39 Å². The standard InChI is InChI=1S/C17H20FNO/c1-3-11-19-17(13-7-5-4-6-8-13)14-9-10-16(20-2)15(18)12-14/h4-10,12,17,19H,3,11H2,1-2H3. The van der Waals surface area contributed by atoms with Crippen LogP contribution in [0.3, 0.4) is 0 Å². The van der Waals surface area contributed by atoms with Crippen LogP contribution in [0.15, 0.2) is 48.5 Å². The van der Waals surface area contributed by atoms with Crippen LogP contribution in [-0.2, 0) is 0 Å². The Morgan fingerprint density at radius 1 is 1.10 bits per heavy atom. The fourth-order valence-corrected chi connectivity index (χ4v) is 2.22. The lowest BCUT2D eigenvalue weighted by molar-refractivity contribution is 0.385. The van der Waals surface area contributed by atoms with Crippen molar-refractivity contribution in [2.75, 3.05) is 13.7 Å². The van der Waals surface area contributed by atoms with E-state index in [0.29, 0.717) is 0 Å². The largest absolute Gasteiger partial charge is 0.494 e. The van der Waals surface area contributed by atoms with Gasteiger partial charge >= 0.3 is 0 Å². The molecular weight excluding hydrogens is 253 g/mol. The van der Waals surface area contributed by atoms with Crippen LogP contribution in [0.25, 0.3) is 0 Å². The van der Waals surface area contributed by atoms with Crippen LogP contribution < -0.4 is 10.1 Å². The van der Waals surface area contributed by atoms with Crippen LogP contribution in [0.5, 0.6) is 5.75 Å². The van der Waals surface area contributed by atoms with Gasteiger partial charge in [-0.05, 0) is 36.2 Å². The summed E-state index contributed by atoms with van der Waals surface area (Å²) in [6.07, 6.45) is 1.03. The Kier molecular flexibility index (Phi) is 5.13. The molecule has 0 aliphatic heterocycles. The van der Waals surface area contributed by atoms with Crippen molar-refractivity contribution >= 4 is 0 Å². The minimum Gasteiger partial charge on any atom is -0.494 e. The van der Waals surface area contributed by atoms with Gasteiger partial charge in [-0.1, -0.05) is 43.3 Å². The highest BCUT2D eigenvalue weighted by Gasteiger charge is 2.15. The average Bonchev–Trinajstić information content (AvgIpc) is 2.49. The van der Waals surface area contributed by atoms with Gasteiger partial charge in [0.15, 0.2) is 11.6 Å². The van der Waals surface area contributed by atoms with Crippen molar-refractivity contribution in [2.24, 2.45) is 0 Å². The lowest BCUT2D eigenvalue weighted by atomic mass is 9.98. The van der Waals surface area contributed by atoms with E-state index in [1.807, 2.05) is 24.3 Å². The fourth-order valence-electron chi connectivity index (χ4n) is 2.22. The molecule has 2 aromatic carbocycles. The predicted molar refractivity (Wildman–Crippen MR) is 79.5 cm³/mol. The van der Waals surface area contributed by atoms with Crippen LogP contribution in [0.4, 0.5) is 4.39 Å². The molecule has 0 saturated carbocycles. The highest BCUT2D eigenvalue weighted by atomic mass is 19.1. The summed E-state index contributed by atoms with van der Waals surface area (Å²) >= 11 is 0. The summed E-state index contributed by atoms with van der Waals surface area (Å²) in [6.45, 7) is 3.00. The summed E-state index contributed by atoms with van der Waals surface area (Å²) in [5.41, 5.74) is 2.04. The lowest BCUT2D eigenvalue weighted by Gasteiger charge is -2.20. The van der Waals surface area contributed by atoms with E-state index in [-0.39, 0.29) is 17.6 Å². The third kappa shape index (κ3) is 3.36. The van der Waals surface area contributed by atoms with Gasteiger partial charge in [0, 0.05) is 0 Å². The molecule has 0 aliphatic rings. The first kappa shape index (κ1) is 14.5. The normalized spacial score (nSPS) is 12.2. The molecule has 0 aromatic heterocycles. The van der Waals surface area contributed by atoms with Crippen LogP contribution in [0.1, 0.15) is 30.5 Å². The van der Waals surface area contributed by atoms with E-state index in [1.165, 1.54) is 7.11 Å². The molecule has 0 aliphatic carbocycles. The molecule has 0 spiro atoms. The van der Waals surface area contributed by atoms with Gasteiger partial charge in [0.05, 0.1) is 13.2 Å². The zero-order valence-electron chi connectivity index (χ0n) is 11.9. The number of hydrogen-bond acceptors (Lipinski definition) is 2. The molecule has 0 radical (unpaired) electrons. The van der Waals surface area contributed by atoms with Crippen molar-refractivity contribution in [3.05, 3.63) is 65.5 Å². The Morgan fingerprint density at radius 2 is 1.85 bits per heavy atom. The molecule has 2 rings (SSSR count). The maximum Gasteiger partial charge on any atom is 0.165 e. The van der Waals surface area contributed by atoms with Crippen molar-refractivity contribution in [1.82, 2.24) is 5.32 Å². The van der Waals surface area contributed by atoms with Gasteiger partial charge in [-0.15, -0.1) is 0 Å². The van der Waals surface area contributed by atoms with Gasteiger partial charge in [-0.2, -0.15) is 0 Å². The second-order valence-electron chi connectivity index (χ2n) is 4.69. The molecule has 3 heteroatoms. The van der Waals surface area contributed by atoms with E-state index >= 15 is 0 Å². The Bertz CT molecular complexity index is 542. The van der Waals surface area contributed by atoms with E-state index in [1.54, 1.807) is 12.1 Å². The second kappa shape index (κ2) is 7.06. The number of halogens is 1. The molecule has 0 bridgehead atoms. The molecule has 2 aromatic rings. The number of benzene rings is 2. The predicted octanol–water partition coefficient (Wildman–Crippen LogP) is 3.92. The SMILES string of the molecule is CCCNC(c1ccccc1)c1ccc(OC)c(F)c1. The van der Waals surface area contributed by atoms with Gasteiger partial charge < -0.3 is 10.1 Å². The molecule has 0 heterocycles. The van der Waals surface area contributed by atoms with Crippen molar-refractivity contribution < 1.29 is 9.13 Å². The summed E-state index contributed by atoms with van der Waals surface area (Å²) in [4.78, 5) is 0. The molecule has 2 nitrogen and oxygen atoms in total. The van der Waals surface area contributed by atoms with Crippen LogP contribution in [0.2, 0.25) is 0 Å². The summed E-state index contributed by atoms with van der Waals surface area (Å²) < 4.78 is 18.9. The van der Waals surface area contributed by atoms with Gasteiger partial charge in [0.25, 0.3) is 0 Å². The van der Waals surface area contributed by atoms with Crippen LogP contribution in [-0.4, -0.2) is 13.7 Å². The summed E-state index contributed by atoms with van der Waals surface area (Å²) in [5.74, 6) is -0.0553. The number of methoxy groups -OCH3 is 1. The van der Waals surface area contributed by atoms with E-state index in [0.717, 1.165) is 24.1 Å². The van der Waals surface area contributed by atoms with E-state index in [2.05, 4.69) is 24.4 Å². The topological polar surface area (TPSA) is 21.3 Å². The van der Waals surface area contributed by atoms with E-state index < -0.39 is 0 Å². The first-order valence-corrected chi connectivity index (χ1v) is 6.88. The smallest absolute Gasteiger partial charge is 0.165 e. The third-order valence-electron chi connectivity index (χ3n) is 3.24. The van der Waals surface area contributed by atoms with E-state index in [4.69, 9.17) is 4.74 Å². The Balaban J connectivity index is 2.33. The summed E-state index contributed by atoms with van der Waals surface area (Å²) in [5, 5.41) is 3.46. The molecular formula is C17H20FNO. The van der Waals surface area contributed by atoms with Crippen molar-refractivity contribution in [3.63, 3.8) is 0 Å². The number of rotatable bonds is 6. The summed E-state index contributed by atoms with van der Waals surface area (Å²) in [6, 6.07) is 15.2. The monoisotopic (exact) mass is 273 g/mol. The zero-order chi connectivity index (χ0) is 14.4. The first-order valence-electron chi connectivity index (χ1n) is 6.88. The van der Waals surface area contributed by atoms with E-state index in [9.17, 15) is 4.39 Å². The molecule has 1 atom stereocenters. The average molecular weight is 273 g/mol. The second-order valence-corrected chi connectivity index (χ2v) is 4.69. The highest BCUT2D eigenvalue weighted by molar-refractivity contribution is 5.36. The lowest BCUT2D eigenvalue weighted by Crippen LogP contribution is -2.23. The number of hydrogen-bond donors (Lipinski definition) is 1. The number of nitrogens with one attached hydrogen (secondary N) is 1. The molecule has 0 saturated heterocycles.